The van der Waals surface area contributed by atoms with Crippen LogP contribution >= 0.6 is 0 Å². The summed E-state index contributed by atoms with van der Waals surface area (Å²) in [5, 5.41) is 4.02. The summed E-state index contributed by atoms with van der Waals surface area (Å²) < 4.78 is 1.89. The van der Waals surface area contributed by atoms with Gasteiger partial charge in [0.2, 0.25) is 0 Å². The fraction of sp³-hybridized carbons (Fsp3) is 0.667. The molecule has 1 heterocycles. The molecule has 1 rings (SSSR count). The molecule has 0 radical (unpaired) electrons. The monoisotopic (exact) mass is 125 g/mol. The Morgan fingerprint density at radius 1 is 1.56 bits per heavy atom. The average Bonchev–Trinajstić information content (AvgIpc) is 2.13. The molecule has 0 saturated heterocycles. The van der Waals surface area contributed by atoms with E-state index in [4.69, 9.17) is 0 Å². The molecular formula is C6H11N3. The summed E-state index contributed by atoms with van der Waals surface area (Å²) in [4.78, 5) is 3.99. The van der Waals surface area contributed by atoms with E-state index in [9.17, 15) is 0 Å². The normalized spacial score (nSPS) is 10.7. The van der Waals surface area contributed by atoms with Crippen LogP contribution in [0.25, 0.3) is 0 Å². The lowest BCUT2D eigenvalue weighted by Crippen LogP contribution is -2.04. The minimum Gasteiger partial charge on any atom is -0.248 e. The van der Waals surface area contributed by atoms with Gasteiger partial charge in [0.25, 0.3) is 0 Å². The lowest BCUT2D eigenvalue weighted by Gasteiger charge is -2.04. The lowest BCUT2D eigenvalue weighted by molar-refractivity contribution is 0.516. The first-order valence-electron chi connectivity index (χ1n) is 3.08. The van der Waals surface area contributed by atoms with Crippen molar-refractivity contribution in [1.29, 1.82) is 0 Å². The number of hydrogen-bond acceptors (Lipinski definition) is 2. The van der Waals surface area contributed by atoms with Crippen molar-refractivity contribution in [2.24, 2.45) is 0 Å². The van der Waals surface area contributed by atoms with Crippen molar-refractivity contribution in [3.63, 3.8) is 0 Å². The van der Waals surface area contributed by atoms with E-state index in [1.165, 1.54) is 0 Å². The SMILES string of the molecule is Cc1ncnn1C(C)C. The van der Waals surface area contributed by atoms with Crippen LogP contribution in [0, 0.1) is 6.92 Å². The second-order valence-electron chi connectivity index (χ2n) is 2.35. The number of aromatic nitrogens is 3. The van der Waals surface area contributed by atoms with Crippen molar-refractivity contribution in [1.82, 2.24) is 14.8 Å². The van der Waals surface area contributed by atoms with Gasteiger partial charge in [0.1, 0.15) is 12.2 Å². The Bertz CT molecular complexity index is 190. The molecule has 9 heavy (non-hydrogen) atoms. The highest BCUT2D eigenvalue weighted by molar-refractivity contribution is 4.79. The van der Waals surface area contributed by atoms with Gasteiger partial charge in [0.15, 0.2) is 0 Å². The Balaban J connectivity index is 2.94. The van der Waals surface area contributed by atoms with Crippen LogP contribution in [-0.2, 0) is 0 Å². The maximum absolute atomic E-state index is 4.02. The number of rotatable bonds is 1. The molecule has 3 nitrogen and oxygen atoms in total. The average molecular weight is 125 g/mol. The third-order valence-electron chi connectivity index (χ3n) is 1.24. The van der Waals surface area contributed by atoms with Crippen LogP contribution in [0.15, 0.2) is 6.33 Å². The molecular weight excluding hydrogens is 114 g/mol. The number of aryl methyl sites for hydroxylation is 1. The first-order valence-corrected chi connectivity index (χ1v) is 3.08. The Morgan fingerprint density at radius 3 is 2.44 bits per heavy atom. The Labute approximate surface area is 54.7 Å². The van der Waals surface area contributed by atoms with E-state index in [1.54, 1.807) is 6.33 Å². The highest BCUT2D eigenvalue weighted by Gasteiger charge is 1.99. The molecule has 0 aliphatic heterocycles. The van der Waals surface area contributed by atoms with E-state index in [0.29, 0.717) is 6.04 Å². The maximum atomic E-state index is 4.02. The van der Waals surface area contributed by atoms with Gasteiger partial charge in [0, 0.05) is 6.04 Å². The highest BCUT2D eigenvalue weighted by Crippen LogP contribution is 2.02. The Kier molecular flexibility index (Phi) is 1.51. The molecule has 0 bridgehead atoms. The second kappa shape index (κ2) is 2.17. The molecule has 1 aromatic rings. The first kappa shape index (κ1) is 6.26. The van der Waals surface area contributed by atoms with Gasteiger partial charge >= 0.3 is 0 Å². The number of hydrogen-bond donors (Lipinski definition) is 0. The van der Waals surface area contributed by atoms with Crippen LogP contribution in [0.4, 0.5) is 0 Å². The molecule has 0 fully saturated rings. The molecule has 0 aliphatic rings. The molecule has 0 atom stereocenters. The van der Waals surface area contributed by atoms with Gasteiger partial charge in [-0.05, 0) is 20.8 Å². The molecule has 0 unspecified atom stereocenters. The molecule has 1 aromatic heterocycles. The zero-order valence-electron chi connectivity index (χ0n) is 6.00. The minimum atomic E-state index is 0.424. The van der Waals surface area contributed by atoms with E-state index in [2.05, 4.69) is 23.9 Å². The van der Waals surface area contributed by atoms with Crippen molar-refractivity contribution >= 4 is 0 Å². The van der Waals surface area contributed by atoms with Gasteiger partial charge in [-0.1, -0.05) is 0 Å². The molecule has 0 aromatic carbocycles. The van der Waals surface area contributed by atoms with Crippen LogP contribution in [0.3, 0.4) is 0 Å². The van der Waals surface area contributed by atoms with Crippen LogP contribution in [-0.4, -0.2) is 14.8 Å². The zero-order valence-corrected chi connectivity index (χ0v) is 6.00. The topological polar surface area (TPSA) is 30.7 Å². The van der Waals surface area contributed by atoms with Gasteiger partial charge in [-0.25, -0.2) is 9.67 Å². The molecule has 0 N–H and O–H groups in total. The summed E-state index contributed by atoms with van der Waals surface area (Å²) in [5.74, 6) is 0.977. The predicted molar refractivity (Wildman–Crippen MR) is 35.1 cm³/mol. The second-order valence-corrected chi connectivity index (χ2v) is 2.35. The van der Waals surface area contributed by atoms with Gasteiger partial charge in [-0.15, -0.1) is 0 Å². The summed E-state index contributed by atoms with van der Waals surface area (Å²) in [5.41, 5.74) is 0. The Hall–Kier alpha value is -0.860. The highest BCUT2D eigenvalue weighted by atomic mass is 15.3. The van der Waals surface area contributed by atoms with Gasteiger partial charge in [-0.3, -0.25) is 0 Å². The van der Waals surface area contributed by atoms with E-state index >= 15 is 0 Å². The zero-order chi connectivity index (χ0) is 6.85. The molecule has 0 saturated carbocycles. The van der Waals surface area contributed by atoms with Crippen molar-refractivity contribution < 1.29 is 0 Å². The summed E-state index contributed by atoms with van der Waals surface area (Å²) >= 11 is 0. The van der Waals surface area contributed by atoms with Gasteiger partial charge in [-0.2, -0.15) is 5.10 Å². The Morgan fingerprint density at radius 2 is 2.22 bits per heavy atom. The van der Waals surface area contributed by atoms with E-state index in [-0.39, 0.29) is 0 Å². The molecule has 0 spiro atoms. The molecule has 0 amide bonds. The quantitative estimate of drug-likeness (QED) is 0.564. The van der Waals surface area contributed by atoms with Crippen molar-refractivity contribution in [2.75, 3.05) is 0 Å². The van der Waals surface area contributed by atoms with E-state index < -0.39 is 0 Å². The van der Waals surface area contributed by atoms with Crippen molar-refractivity contribution in [2.45, 2.75) is 26.8 Å². The van der Waals surface area contributed by atoms with Crippen LogP contribution < -0.4 is 0 Å². The fourth-order valence-corrected chi connectivity index (χ4v) is 0.815. The van der Waals surface area contributed by atoms with Crippen LogP contribution in [0.1, 0.15) is 25.7 Å². The first-order chi connectivity index (χ1) is 4.22. The van der Waals surface area contributed by atoms with Crippen LogP contribution in [0.5, 0.6) is 0 Å². The van der Waals surface area contributed by atoms with E-state index in [0.717, 1.165) is 5.82 Å². The predicted octanol–water partition coefficient (Wildman–Crippen LogP) is 1.17. The van der Waals surface area contributed by atoms with Gasteiger partial charge < -0.3 is 0 Å². The summed E-state index contributed by atoms with van der Waals surface area (Å²) in [6, 6.07) is 0.424. The lowest BCUT2D eigenvalue weighted by atomic mass is 10.4. The van der Waals surface area contributed by atoms with Crippen molar-refractivity contribution in [3.05, 3.63) is 12.2 Å². The minimum absolute atomic E-state index is 0.424. The molecule has 50 valence electrons. The number of nitrogens with zero attached hydrogens (tertiary/aromatic N) is 3. The van der Waals surface area contributed by atoms with Crippen LogP contribution in [0.2, 0.25) is 0 Å². The standard InChI is InChI=1S/C6H11N3/c1-5(2)9-6(3)7-4-8-9/h4-5H,1-3H3. The van der Waals surface area contributed by atoms with Crippen molar-refractivity contribution in [3.8, 4) is 0 Å². The largest absolute Gasteiger partial charge is 0.248 e. The molecule has 0 aliphatic carbocycles. The van der Waals surface area contributed by atoms with Gasteiger partial charge in [0.05, 0.1) is 0 Å². The van der Waals surface area contributed by atoms with E-state index in [1.807, 2.05) is 11.6 Å². The summed E-state index contributed by atoms with van der Waals surface area (Å²) in [6.45, 7) is 6.12. The third-order valence-corrected chi connectivity index (χ3v) is 1.24. The summed E-state index contributed by atoms with van der Waals surface area (Å²) in [7, 11) is 0. The third kappa shape index (κ3) is 1.09. The maximum Gasteiger partial charge on any atom is 0.138 e. The summed E-state index contributed by atoms with van der Waals surface area (Å²) in [6.07, 6.45) is 1.58. The smallest absolute Gasteiger partial charge is 0.138 e. The fourth-order valence-electron chi connectivity index (χ4n) is 0.815. The molecule has 3 heteroatoms.